The lowest BCUT2D eigenvalue weighted by atomic mass is 9.85. The third-order valence-corrected chi connectivity index (χ3v) is 4.64. The Morgan fingerprint density at radius 2 is 1.95 bits per heavy atom. The minimum Gasteiger partial charge on any atom is -0.297 e. The Labute approximate surface area is 119 Å². The lowest BCUT2D eigenvalue weighted by Crippen LogP contribution is -2.48. The summed E-state index contributed by atoms with van der Waals surface area (Å²) in [5.41, 5.74) is 0.482. The lowest BCUT2D eigenvalue weighted by molar-refractivity contribution is 0.0695. The van der Waals surface area contributed by atoms with Gasteiger partial charge in [-0.3, -0.25) is 14.7 Å². The van der Waals surface area contributed by atoms with E-state index in [0.717, 1.165) is 42.0 Å². The van der Waals surface area contributed by atoms with Gasteiger partial charge in [0.15, 0.2) is 5.78 Å². The van der Waals surface area contributed by atoms with Crippen LogP contribution in [0.25, 0.3) is 10.8 Å². The zero-order valence-electron chi connectivity index (χ0n) is 12.1. The first-order valence-corrected chi connectivity index (χ1v) is 7.20. The molecule has 1 fully saturated rings. The Hall–Kier alpha value is -1.74. The van der Waals surface area contributed by atoms with Crippen molar-refractivity contribution in [2.75, 3.05) is 14.1 Å². The summed E-state index contributed by atoms with van der Waals surface area (Å²) in [7, 11) is 4.04. The fourth-order valence-corrected chi connectivity index (χ4v) is 3.40. The van der Waals surface area contributed by atoms with Crippen LogP contribution in [0.4, 0.5) is 0 Å². The maximum atomic E-state index is 13.2. The SMILES string of the molecule is CN(C)C1(C(=O)c2cccc3ccncc23)CCCC1. The molecule has 1 saturated carbocycles. The van der Waals surface area contributed by atoms with Crippen molar-refractivity contribution in [3.63, 3.8) is 0 Å². The van der Waals surface area contributed by atoms with E-state index < -0.39 is 0 Å². The van der Waals surface area contributed by atoms with E-state index in [1.165, 1.54) is 0 Å². The number of Topliss-reactive ketones (excluding diaryl/α,β-unsaturated/α-hetero) is 1. The van der Waals surface area contributed by atoms with E-state index in [-0.39, 0.29) is 11.3 Å². The highest BCUT2D eigenvalue weighted by atomic mass is 16.1. The number of likely N-dealkylation sites (N-methyl/N-ethyl adjacent to an activating group) is 1. The summed E-state index contributed by atoms with van der Waals surface area (Å²) in [6.07, 6.45) is 7.75. The molecule has 20 heavy (non-hydrogen) atoms. The number of nitrogens with zero attached hydrogens (tertiary/aromatic N) is 2. The van der Waals surface area contributed by atoms with Crippen molar-refractivity contribution in [1.29, 1.82) is 0 Å². The van der Waals surface area contributed by atoms with Crippen molar-refractivity contribution in [3.8, 4) is 0 Å². The molecule has 1 aliphatic rings. The van der Waals surface area contributed by atoms with Crippen molar-refractivity contribution in [2.45, 2.75) is 31.2 Å². The zero-order chi connectivity index (χ0) is 14.2. The molecule has 3 nitrogen and oxygen atoms in total. The first-order chi connectivity index (χ1) is 9.65. The molecule has 0 N–H and O–H groups in total. The summed E-state index contributed by atoms with van der Waals surface area (Å²) in [5.74, 6) is 0.249. The highest BCUT2D eigenvalue weighted by Gasteiger charge is 2.43. The minimum absolute atomic E-state index is 0.249. The highest BCUT2D eigenvalue weighted by molar-refractivity contribution is 6.12. The Morgan fingerprint density at radius 3 is 2.65 bits per heavy atom. The first-order valence-electron chi connectivity index (χ1n) is 7.20. The molecule has 0 aliphatic heterocycles. The summed E-state index contributed by atoms with van der Waals surface area (Å²) in [6, 6.07) is 7.90. The lowest BCUT2D eigenvalue weighted by Gasteiger charge is -2.35. The van der Waals surface area contributed by atoms with Crippen molar-refractivity contribution < 1.29 is 4.79 Å². The number of carbonyl (C=O) groups excluding carboxylic acids is 1. The van der Waals surface area contributed by atoms with Crippen LogP contribution < -0.4 is 0 Å². The monoisotopic (exact) mass is 268 g/mol. The van der Waals surface area contributed by atoms with Gasteiger partial charge in [0.1, 0.15) is 0 Å². The first kappa shape index (κ1) is 13.3. The fraction of sp³-hybridized carbons (Fsp3) is 0.412. The van der Waals surface area contributed by atoms with Gasteiger partial charge in [0.05, 0.1) is 5.54 Å². The molecule has 1 aromatic heterocycles. The largest absolute Gasteiger partial charge is 0.297 e. The molecule has 1 aliphatic carbocycles. The average molecular weight is 268 g/mol. The van der Waals surface area contributed by atoms with E-state index in [9.17, 15) is 4.79 Å². The van der Waals surface area contributed by atoms with E-state index in [0.29, 0.717) is 0 Å². The third-order valence-electron chi connectivity index (χ3n) is 4.64. The molecule has 0 bridgehead atoms. The van der Waals surface area contributed by atoms with Crippen LogP contribution in [0.2, 0.25) is 0 Å². The molecule has 0 atom stereocenters. The van der Waals surface area contributed by atoms with Gasteiger partial charge in [0.2, 0.25) is 0 Å². The van der Waals surface area contributed by atoms with Crippen LogP contribution in [0.3, 0.4) is 0 Å². The van der Waals surface area contributed by atoms with Gasteiger partial charge in [-0.25, -0.2) is 0 Å². The van der Waals surface area contributed by atoms with Gasteiger partial charge in [0, 0.05) is 23.3 Å². The fourth-order valence-electron chi connectivity index (χ4n) is 3.40. The van der Waals surface area contributed by atoms with E-state index >= 15 is 0 Å². The number of fused-ring (bicyclic) bond motifs is 1. The summed E-state index contributed by atoms with van der Waals surface area (Å²) >= 11 is 0. The normalized spacial score (nSPS) is 17.8. The Balaban J connectivity index is 2.13. The Bertz CT molecular complexity index is 637. The summed E-state index contributed by atoms with van der Waals surface area (Å²) in [4.78, 5) is 19.4. The van der Waals surface area contributed by atoms with Gasteiger partial charge in [-0.2, -0.15) is 0 Å². The number of pyridine rings is 1. The van der Waals surface area contributed by atoms with Gasteiger partial charge in [-0.05, 0) is 38.4 Å². The average Bonchev–Trinajstić information content (AvgIpc) is 2.97. The Morgan fingerprint density at radius 1 is 1.20 bits per heavy atom. The van der Waals surface area contributed by atoms with Crippen LogP contribution in [0.5, 0.6) is 0 Å². The zero-order valence-corrected chi connectivity index (χ0v) is 12.1. The maximum absolute atomic E-state index is 13.2. The van der Waals surface area contributed by atoms with E-state index in [1.54, 1.807) is 12.4 Å². The Kier molecular flexibility index (Phi) is 3.30. The summed E-state index contributed by atoms with van der Waals surface area (Å²) in [6.45, 7) is 0. The number of hydrogen-bond donors (Lipinski definition) is 0. The van der Waals surface area contributed by atoms with Crippen LogP contribution in [0.15, 0.2) is 36.7 Å². The standard InChI is InChI=1S/C17H20N2O/c1-19(2)17(9-3-4-10-17)16(20)14-7-5-6-13-8-11-18-12-15(13)14/h5-8,11-12H,3-4,9-10H2,1-2H3. The van der Waals surface area contributed by atoms with Crippen LogP contribution in [-0.2, 0) is 0 Å². The van der Waals surface area contributed by atoms with Gasteiger partial charge >= 0.3 is 0 Å². The molecule has 3 rings (SSSR count). The van der Waals surface area contributed by atoms with E-state index in [2.05, 4.69) is 9.88 Å². The van der Waals surface area contributed by atoms with E-state index in [4.69, 9.17) is 0 Å². The number of aromatic nitrogens is 1. The number of carbonyl (C=O) groups is 1. The topological polar surface area (TPSA) is 33.2 Å². The predicted molar refractivity (Wildman–Crippen MR) is 81.0 cm³/mol. The molecule has 0 unspecified atom stereocenters. The van der Waals surface area contributed by atoms with Crippen molar-refractivity contribution in [1.82, 2.24) is 9.88 Å². The second kappa shape index (κ2) is 4.98. The van der Waals surface area contributed by atoms with Crippen LogP contribution in [0, 0.1) is 0 Å². The predicted octanol–water partition coefficient (Wildman–Crippen LogP) is 3.29. The molecule has 104 valence electrons. The molecular weight excluding hydrogens is 248 g/mol. The van der Waals surface area contributed by atoms with Crippen molar-refractivity contribution >= 4 is 16.6 Å². The van der Waals surface area contributed by atoms with Crippen LogP contribution in [0.1, 0.15) is 36.0 Å². The molecule has 0 saturated heterocycles. The van der Waals surface area contributed by atoms with Crippen molar-refractivity contribution in [2.24, 2.45) is 0 Å². The van der Waals surface area contributed by atoms with Gasteiger partial charge in [0.25, 0.3) is 0 Å². The quantitative estimate of drug-likeness (QED) is 0.801. The number of rotatable bonds is 3. The molecule has 0 spiro atoms. The molecular formula is C17H20N2O. The molecule has 0 amide bonds. The number of hydrogen-bond acceptors (Lipinski definition) is 3. The van der Waals surface area contributed by atoms with Gasteiger partial charge in [-0.15, -0.1) is 0 Å². The maximum Gasteiger partial charge on any atom is 0.183 e. The summed E-state index contributed by atoms with van der Waals surface area (Å²) < 4.78 is 0. The van der Waals surface area contributed by atoms with Crippen LogP contribution >= 0.6 is 0 Å². The van der Waals surface area contributed by atoms with Gasteiger partial charge in [-0.1, -0.05) is 31.0 Å². The molecule has 2 aromatic rings. The smallest absolute Gasteiger partial charge is 0.183 e. The van der Waals surface area contributed by atoms with Gasteiger partial charge < -0.3 is 0 Å². The highest BCUT2D eigenvalue weighted by Crippen LogP contribution is 2.37. The van der Waals surface area contributed by atoms with Crippen LogP contribution in [-0.4, -0.2) is 35.3 Å². The van der Waals surface area contributed by atoms with E-state index in [1.807, 2.05) is 38.4 Å². The van der Waals surface area contributed by atoms with Crippen molar-refractivity contribution in [3.05, 3.63) is 42.2 Å². The molecule has 3 heteroatoms. The molecule has 0 radical (unpaired) electrons. The third kappa shape index (κ3) is 1.93. The molecule has 1 heterocycles. The minimum atomic E-state index is -0.329. The number of ketones is 1. The second-order valence-electron chi connectivity index (χ2n) is 5.86. The second-order valence-corrected chi connectivity index (χ2v) is 5.86. The number of benzene rings is 1. The molecule has 1 aromatic carbocycles. The summed E-state index contributed by atoms with van der Waals surface area (Å²) in [5, 5.41) is 2.05.